The molecular formula is C20H28N4O2S. The van der Waals surface area contributed by atoms with Crippen LogP contribution in [0.5, 0.6) is 0 Å². The first-order valence-electron chi connectivity index (χ1n) is 9.34. The third-order valence-corrected chi connectivity index (χ3v) is 6.71. The number of nitrogens with one attached hydrogen (secondary N) is 1. The van der Waals surface area contributed by atoms with Gasteiger partial charge in [-0.2, -0.15) is 0 Å². The smallest absolute Gasteiger partial charge is 0.152 e. The Morgan fingerprint density at radius 3 is 2.44 bits per heavy atom. The van der Waals surface area contributed by atoms with E-state index in [0.717, 1.165) is 11.5 Å². The third-order valence-electron chi connectivity index (χ3n) is 4.96. The van der Waals surface area contributed by atoms with E-state index in [1.165, 1.54) is 11.9 Å². The maximum atomic E-state index is 11.8. The molecule has 6 nitrogen and oxygen atoms in total. The monoisotopic (exact) mass is 388 g/mol. The van der Waals surface area contributed by atoms with Crippen LogP contribution in [0.2, 0.25) is 0 Å². The van der Waals surface area contributed by atoms with Gasteiger partial charge in [0, 0.05) is 24.3 Å². The van der Waals surface area contributed by atoms with E-state index in [4.69, 9.17) is 0 Å². The minimum absolute atomic E-state index is 0.0196. The number of sulfone groups is 1. The lowest BCUT2D eigenvalue weighted by Crippen LogP contribution is -2.36. The van der Waals surface area contributed by atoms with Crippen molar-refractivity contribution in [2.75, 3.05) is 28.3 Å². The van der Waals surface area contributed by atoms with Gasteiger partial charge in [0.2, 0.25) is 0 Å². The lowest BCUT2D eigenvalue weighted by atomic mass is 9.87. The van der Waals surface area contributed by atoms with E-state index in [-0.39, 0.29) is 23.0 Å². The molecule has 1 aliphatic rings. The lowest BCUT2D eigenvalue weighted by molar-refractivity contribution is 0.590. The average Bonchev–Trinajstić information content (AvgIpc) is 2.95. The molecule has 1 aromatic carbocycles. The highest BCUT2D eigenvalue weighted by Gasteiger charge is 2.32. The molecule has 0 radical (unpaired) electrons. The van der Waals surface area contributed by atoms with E-state index >= 15 is 0 Å². The molecule has 1 unspecified atom stereocenters. The second-order valence-electron chi connectivity index (χ2n) is 8.06. The Labute approximate surface area is 162 Å². The summed E-state index contributed by atoms with van der Waals surface area (Å²) in [7, 11) is -2.93. The van der Waals surface area contributed by atoms with Crippen molar-refractivity contribution >= 4 is 27.2 Å². The zero-order chi connectivity index (χ0) is 19.7. The minimum atomic E-state index is -2.93. The number of hydrogen-bond acceptors (Lipinski definition) is 6. The van der Waals surface area contributed by atoms with E-state index in [1.54, 1.807) is 0 Å². The normalized spacial score (nSPS) is 19.0. The molecule has 146 valence electrons. The van der Waals surface area contributed by atoms with E-state index in [9.17, 15) is 8.42 Å². The van der Waals surface area contributed by atoms with Crippen LogP contribution in [0.4, 0.5) is 17.3 Å². The van der Waals surface area contributed by atoms with Crippen molar-refractivity contribution in [3.63, 3.8) is 0 Å². The van der Waals surface area contributed by atoms with E-state index < -0.39 is 9.84 Å². The molecule has 7 heteroatoms. The Kier molecular flexibility index (Phi) is 5.42. The number of aromatic nitrogens is 2. The molecule has 1 N–H and O–H groups in total. The number of anilines is 3. The van der Waals surface area contributed by atoms with Crippen molar-refractivity contribution in [2.45, 2.75) is 45.6 Å². The summed E-state index contributed by atoms with van der Waals surface area (Å²) in [6.45, 7) is 9.29. The molecule has 1 fully saturated rings. The van der Waals surface area contributed by atoms with Gasteiger partial charge in [-0.15, -0.1) is 0 Å². The zero-order valence-electron chi connectivity index (χ0n) is 16.4. The average molecular weight is 389 g/mol. The predicted octanol–water partition coefficient (Wildman–Crippen LogP) is 3.53. The molecule has 3 rings (SSSR count). The SMILES string of the molecule is CCN(c1cc(Nc2ccc(C(C)(C)C)cc2)ncn1)C1CCS(=O)(=O)C1. The molecule has 2 aromatic rings. The molecule has 27 heavy (non-hydrogen) atoms. The quantitative estimate of drug-likeness (QED) is 0.844. The summed E-state index contributed by atoms with van der Waals surface area (Å²) in [6.07, 6.45) is 2.17. The molecule has 0 bridgehead atoms. The van der Waals surface area contributed by atoms with Gasteiger partial charge in [-0.05, 0) is 36.5 Å². The van der Waals surface area contributed by atoms with Crippen molar-refractivity contribution in [3.8, 4) is 0 Å². The highest BCUT2D eigenvalue weighted by Crippen LogP contribution is 2.27. The summed E-state index contributed by atoms with van der Waals surface area (Å²) >= 11 is 0. The van der Waals surface area contributed by atoms with Gasteiger partial charge in [0.15, 0.2) is 9.84 Å². The van der Waals surface area contributed by atoms with Crippen LogP contribution in [0.3, 0.4) is 0 Å². The van der Waals surface area contributed by atoms with Crippen LogP contribution in [0.15, 0.2) is 36.7 Å². The Bertz CT molecular complexity index is 889. The molecule has 1 saturated heterocycles. The summed E-state index contributed by atoms with van der Waals surface area (Å²) in [5.74, 6) is 1.90. The number of nitrogens with zero attached hydrogens (tertiary/aromatic N) is 3. The van der Waals surface area contributed by atoms with Crippen LogP contribution in [0.1, 0.15) is 39.7 Å². The molecule has 0 saturated carbocycles. The molecule has 1 aromatic heterocycles. The number of hydrogen-bond donors (Lipinski definition) is 1. The highest BCUT2D eigenvalue weighted by atomic mass is 32.2. The van der Waals surface area contributed by atoms with Crippen molar-refractivity contribution < 1.29 is 8.42 Å². The van der Waals surface area contributed by atoms with Crippen LogP contribution in [0, 0.1) is 0 Å². The fourth-order valence-corrected chi connectivity index (χ4v) is 5.13. The summed E-state index contributed by atoms with van der Waals surface area (Å²) in [5.41, 5.74) is 2.35. The van der Waals surface area contributed by atoms with Crippen molar-refractivity contribution in [1.29, 1.82) is 0 Å². The fraction of sp³-hybridized carbons (Fsp3) is 0.500. The van der Waals surface area contributed by atoms with Gasteiger partial charge in [0.05, 0.1) is 11.5 Å². The van der Waals surface area contributed by atoms with Crippen LogP contribution in [0.25, 0.3) is 0 Å². The Hall–Kier alpha value is -2.15. The van der Waals surface area contributed by atoms with Gasteiger partial charge in [-0.3, -0.25) is 0 Å². The first-order chi connectivity index (χ1) is 12.7. The first-order valence-corrected chi connectivity index (χ1v) is 11.2. The molecule has 0 spiro atoms. The van der Waals surface area contributed by atoms with Crippen molar-refractivity contribution in [3.05, 3.63) is 42.2 Å². The molecule has 0 aliphatic carbocycles. The first kappa shape index (κ1) is 19.6. The summed E-state index contributed by atoms with van der Waals surface area (Å²) in [6, 6.07) is 10.2. The summed E-state index contributed by atoms with van der Waals surface area (Å²) in [4.78, 5) is 10.7. The Balaban J connectivity index is 1.77. The van der Waals surface area contributed by atoms with Gasteiger partial charge in [-0.25, -0.2) is 18.4 Å². The number of benzene rings is 1. The molecule has 1 atom stereocenters. The summed E-state index contributed by atoms with van der Waals surface area (Å²) in [5, 5.41) is 3.31. The molecule has 2 heterocycles. The van der Waals surface area contributed by atoms with Gasteiger partial charge in [0.1, 0.15) is 18.0 Å². The van der Waals surface area contributed by atoms with Gasteiger partial charge >= 0.3 is 0 Å². The topological polar surface area (TPSA) is 75.2 Å². The highest BCUT2D eigenvalue weighted by molar-refractivity contribution is 7.91. The standard InChI is InChI=1S/C20H28N4O2S/c1-5-24(17-10-11-27(25,26)13-17)19-12-18(21-14-22-19)23-16-8-6-15(7-9-16)20(2,3)4/h6-9,12,14,17H,5,10-11,13H2,1-4H3,(H,21,22,23). The minimum Gasteiger partial charge on any atom is -0.353 e. The predicted molar refractivity (Wildman–Crippen MR) is 111 cm³/mol. The largest absolute Gasteiger partial charge is 0.353 e. The fourth-order valence-electron chi connectivity index (χ4n) is 3.40. The number of rotatable bonds is 5. The van der Waals surface area contributed by atoms with Crippen LogP contribution in [-0.4, -0.2) is 42.5 Å². The van der Waals surface area contributed by atoms with Crippen molar-refractivity contribution in [1.82, 2.24) is 9.97 Å². The molecule has 1 aliphatic heterocycles. The maximum Gasteiger partial charge on any atom is 0.152 e. The second kappa shape index (κ2) is 7.46. The van der Waals surface area contributed by atoms with E-state index in [1.807, 2.05) is 25.1 Å². The summed E-state index contributed by atoms with van der Waals surface area (Å²) < 4.78 is 23.7. The Morgan fingerprint density at radius 1 is 1.19 bits per heavy atom. The second-order valence-corrected chi connectivity index (χ2v) is 10.3. The van der Waals surface area contributed by atoms with Crippen LogP contribution < -0.4 is 10.2 Å². The van der Waals surface area contributed by atoms with Gasteiger partial charge in [0.25, 0.3) is 0 Å². The van der Waals surface area contributed by atoms with E-state index in [0.29, 0.717) is 18.8 Å². The van der Waals surface area contributed by atoms with Crippen molar-refractivity contribution in [2.24, 2.45) is 0 Å². The molecular weight excluding hydrogens is 360 g/mol. The zero-order valence-corrected chi connectivity index (χ0v) is 17.3. The van der Waals surface area contributed by atoms with Gasteiger partial charge in [-0.1, -0.05) is 32.9 Å². The van der Waals surface area contributed by atoms with Gasteiger partial charge < -0.3 is 10.2 Å². The van der Waals surface area contributed by atoms with Crippen LogP contribution in [-0.2, 0) is 15.3 Å². The Morgan fingerprint density at radius 2 is 1.89 bits per heavy atom. The third kappa shape index (κ3) is 4.77. The van der Waals surface area contributed by atoms with Crippen LogP contribution >= 0.6 is 0 Å². The molecule has 0 amide bonds. The lowest BCUT2D eigenvalue weighted by Gasteiger charge is -2.28. The van der Waals surface area contributed by atoms with E-state index in [2.05, 4.69) is 53.1 Å². The maximum absolute atomic E-state index is 11.8.